The summed E-state index contributed by atoms with van der Waals surface area (Å²) in [7, 11) is 1.75. The van der Waals surface area contributed by atoms with Crippen LogP contribution < -0.4 is 15.0 Å². The molecule has 1 aromatic carbocycles. The van der Waals surface area contributed by atoms with Crippen LogP contribution in [0, 0.1) is 0 Å². The van der Waals surface area contributed by atoms with Crippen LogP contribution in [0.1, 0.15) is 22.4 Å². The van der Waals surface area contributed by atoms with Gasteiger partial charge in [-0.1, -0.05) is 17.8 Å². The van der Waals surface area contributed by atoms with Crippen LogP contribution in [-0.4, -0.2) is 39.9 Å². The monoisotopic (exact) mass is 446 g/mol. The molecule has 1 aliphatic heterocycles. The molecule has 0 saturated carbocycles. The number of aryl methyl sites for hydroxylation is 2. The number of aliphatic hydroxyl groups excluding tert-OH is 1. The van der Waals surface area contributed by atoms with E-state index in [1.165, 1.54) is 22.2 Å². The fraction of sp³-hybridized carbons (Fsp3) is 0.429. The van der Waals surface area contributed by atoms with Gasteiger partial charge in [-0.25, -0.2) is 4.98 Å². The molecule has 3 heterocycles. The highest BCUT2D eigenvalue weighted by Crippen LogP contribution is 2.35. The Labute approximate surface area is 181 Å². The molecule has 1 aliphatic carbocycles. The minimum atomic E-state index is -0.662. The minimum absolute atomic E-state index is 0.00967. The summed E-state index contributed by atoms with van der Waals surface area (Å²) in [6, 6.07) is 5.66. The van der Waals surface area contributed by atoms with Crippen LogP contribution in [0.15, 0.2) is 28.2 Å². The van der Waals surface area contributed by atoms with Gasteiger partial charge in [-0.15, -0.1) is 11.3 Å². The molecule has 30 heavy (non-hydrogen) atoms. The highest BCUT2D eigenvalue weighted by atomic mass is 32.2. The van der Waals surface area contributed by atoms with Gasteiger partial charge in [0.15, 0.2) is 16.7 Å². The van der Waals surface area contributed by atoms with Gasteiger partial charge in [0.2, 0.25) is 6.79 Å². The second kappa shape index (κ2) is 8.22. The van der Waals surface area contributed by atoms with Crippen molar-refractivity contribution in [2.75, 3.05) is 19.2 Å². The lowest BCUT2D eigenvalue weighted by molar-refractivity contribution is 0.0397. The number of hydrogen-bond donors (Lipinski definition) is 1. The van der Waals surface area contributed by atoms with Crippen LogP contribution in [0.25, 0.3) is 10.2 Å². The van der Waals surface area contributed by atoms with Crippen LogP contribution in [0.5, 0.6) is 11.5 Å². The molecule has 2 aromatic heterocycles. The first-order chi connectivity index (χ1) is 14.6. The third-order valence-corrected chi connectivity index (χ3v) is 7.69. The highest BCUT2D eigenvalue weighted by Gasteiger charge is 2.22. The van der Waals surface area contributed by atoms with E-state index in [1.807, 2.05) is 18.2 Å². The van der Waals surface area contributed by atoms with Crippen molar-refractivity contribution < 1.29 is 19.3 Å². The van der Waals surface area contributed by atoms with Gasteiger partial charge >= 0.3 is 0 Å². The van der Waals surface area contributed by atoms with Crippen LogP contribution in [0.3, 0.4) is 0 Å². The third kappa shape index (κ3) is 3.71. The maximum Gasteiger partial charge on any atom is 0.262 e. The number of aliphatic hydroxyl groups is 1. The Kier molecular flexibility index (Phi) is 5.44. The second-order valence-corrected chi connectivity index (χ2v) is 9.53. The topological polar surface area (TPSA) is 82.8 Å². The Morgan fingerprint density at radius 1 is 1.33 bits per heavy atom. The van der Waals surface area contributed by atoms with Crippen molar-refractivity contribution >= 4 is 33.3 Å². The Balaban J connectivity index is 1.18. The molecule has 0 amide bonds. The molecule has 0 spiro atoms. The molecular formula is C21H22N2O5S2. The molecule has 7 nitrogen and oxygen atoms in total. The molecule has 0 saturated heterocycles. The van der Waals surface area contributed by atoms with Gasteiger partial charge in [-0.05, 0) is 42.5 Å². The predicted octanol–water partition coefficient (Wildman–Crippen LogP) is 2.88. The first-order valence-corrected chi connectivity index (χ1v) is 11.7. The predicted molar refractivity (Wildman–Crippen MR) is 116 cm³/mol. The van der Waals surface area contributed by atoms with E-state index in [1.54, 1.807) is 23.0 Å². The Hall–Kier alpha value is -2.07. The molecule has 5 rings (SSSR count). The summed E-state index contributed by atoms with van der Waals surface area (Å²) in [6.07, 6.45) is 2.47. The molecule has 1 atom stereocenters. The number of thioether (sulfide) groups is 1. The fourth-order valence-electron chi connectivity index (χ4n) is 3.80. The molecule has 3 aromatic rings. The normalized spacial score (nSPS) is 15.7. The summed E-state index contributed by atoms with van der Waals surface area (Å²) in [5.74, 6) is 1.85. The van der Waals surface area contributed by atoms with Crippen molar-refractivity contribution in [2.45, 2.75) is 37.1 Å². The van der Waals surface area contributed by atoms with Crippen molar-refractivity contribution in [3.8, 4) is 11.5 Å². The number of hydrogen-bond acceptors (Lipinski definition) is 8. The van der Waals surface area contributed by atoms with Gasteiger partial charge in [0.25, 0.3) is 5.56 Å². The first-order valence-electron chi connectivity index (χ1n) is 9.88. The van der Waals surface area contributed by atoms with Crippen molar-refractivity contribution in [2.24, 2.45) is 7.05 Å². The molecule has 0 fully saturated rings. The molecule has 0 unspecified atom stereocenters. The SMILES string of the molecule is Cn1c(SC[C@H](O)COCc2ccc3c(c2)OCO3)nc2sc3c(c2c1=O)CCC3. The average Bonchev–Trinajstić information content (AvgIpc) is 3.44. The Morgan fingerprint density at radius 2 is 2.20 bits per heavy atom. The number of benzene rings is 1. The fourth-order valence-corrected chi connectivity index (χ4v) is 5.98. The first kappa shape index (κ1) is 19.9. The molecule has 2 aliphatic rings. The molecule has 9 heteroatoms. The number of rotatable bonds is 7. The smallest absolute Gasteiger partial charge is 0.262 e. The zero-order chi connectivity index (χ0) is 20.7. The van der Waals surface area contributed by atoms with Crippen LogP contribution in [-0.2, 0) is 31.2 Å². The molecular weight excluding hydrogens is 424 g/mol. The lowest BCUT2D eigenvalue weighted by Gasteiger charge is -2.12. The summed E-state index contributed by atoms with van der Waals surface area (Å²) in [5, 5.41) is 11.7. The summed E-state index contributed by atoms with van der Waals surface area (Å²) < 4.78 is 17.9. The van der Waals surface area contributed by atoms with E-state index < -0.39 is 6.10 Å². The quantitative estimate of drug-likeness (QED) is 0.441. The minimum Gasteiger partial charge on any atom is -0.454 e. The van der Waals surface area contributed by atoms with Gasteiger partial charge in [0, 0.05) is 17.7 Å². The van der Waals surface area contributed by atoms with E-state index >= 15 is 0 Å². The van der Waals surface area contributed by atoms with E-state index in [4.69, 9.17) is 19.2 Å². The van der Waals surface area contributed by atoms with Gasteiger partial charge in [0.1, 0.15) is 4.83 Å². The van der Waals surface area contributed by atoms with Crippen molar-refractivity contribution in [3.63, 3.8) is 0 Å². The van der Waals surface area contributed by atoms with E-state index in [9.17, 15) is 9.90 Å². The van der Waals surface area contributed by atoms with Crippen LogP contribution in [0.2, 0.25) is 0 Å². The zero-order valence-electron chi connectivity index (χ0n) is 16.6. The summed E-state index contributed by atoms with van der Waals surface area (Å²) >= 11 is 3.01. The molecule has 158 valence electrons. The lowest BCUT2D eigenvalue weighted by atomic mass is 10.2. The zero-order valence-corrected chi connectivity index (χ0v) is 18.2. The summed E-state index contributed by atoms with van der Waals surface area (Å²) in [4.78, 5) is 19.7. The number of nitrogens with zero attached hydrogens (tertiary/aromatic N) is 2. The summed E-state index contributed by atoms with van der Waals surface area (Å²) in [6.45, 7) is 0.818. The summed E-state index contributed by atoms with van der Waals surface area (Å²) in [5.41, 5.74) is 2.16. The Morgan fingerprint density at radius 3 is 3.10 bits per heavy atom. The lowest BCUT2D eigenvalue weighted by Crippen LogP contribution is -2.22. The van der Waals surface area contributed by atoms with E-state index in [0.717, 1.165) is 40.8 Å². The van der Waals surface area contributed by atoms with Crippen molar-refractivity contribution in [3.05, 3.63) is 44.6 Å². The standard InChI is InChI=1S/C21H22N2O5S2/c1-23-20(25)18-14-3-2-4-17(14)30-19(18)22-21(23)29-10-13(24)9-26-8-12-5-6-15-16(7-12)28-11-27-15/h5-7,13,24H,2-4,8-11H2,1H3/t13-/m1/s1. The van der Waals surface area contributed by atoms with E-state index in [0.29, 0.717) is 23.3 Å². The maximum absolute atomic E-state index is 12.8. The van der Waals surface area contributed by atoms with Gasteiger partial charge in [-0.2, -0.15) is 0 Å². The van der Waals surface area contributed by atoms with Crippen LogP contribution in [0.4, 0.5) is 0 Å². The molecule has 1 N–H and O–H groups in total. The van der Waals surface area contributed by atoms with Crippen molar-refractivity contribution in [1.29, 1.82) is 0 Å². The van der Waals surface area contributed by atoms with E-state index in [-0.39, 0.29) is 19.0 Å². The van der Waals surface area contributed by atoms with Gasteiger partial charge in [-0.3, -0.25) is 9.36 Å². The molecule has 0 radical (unpaired) electrons. The molecule has 0 bridgehead atoms. The van der Waals surface area contributed by atoms with E-state index in [2.05, 4.69) is 0 Å². The second-order valence-electron chi connectivity index (χ2n) is 7.46. The average molecular weight is 447 g/mol. The van der Waals surface area contributed by atoms with Crippen LogP contribution >= 0.6 is 23.1 Å². The Bertz CT molecular complexity index is 1160. The van der Waals surface area contributed by atoms with Crippen molar-refractivity contribution in [1.82, 2.24) is 9.55 Å². The van der Waals surface area contributed by atoms with Gasteiger partial charge in [0.05, 0.1) is 24.7 Å². The third-order valence-electron chi connectivity index (χ3n) is 5.33. The number of aromatic nitrogens is 2. The largest absolute Gasteiger partial charge is 0.454 e. The number of ether oxygens (including phenoxy) is 3. The maximum atomic E-state index is 12.8. The number of thiophene rings is 1. The highest BCUT2D eigenvalue weighted by molar-refractivity contribution is 7.99. The number of fused-ring (bicyclic) bond motifs is 4. The van der Waals surface area contributed by atoms with Gasteiger partial charge < -0.3 is 19.3 Å².